The number of nitrogens with one attached hydrogen (secondary N) is 1. The number of hydrogen-bond donors (Lipinski definition) is 1. The van der Waals surface area contributed by atoms with E-state index in [1.807, 2.05) is 26.0 Å². The Balaban J connectivity index is 2.27. The molecule has 25 heavy (non-hydrogen) atoms. The Kier molecular flexibility index (Phi) is 6.08. The number of nitrogens with zero attached hydrogens (tertiary/aromatic N) is 1. The lowest BCUT2D eigenvalue weighted by atomic mass is 10.1. The maximum Gasteiger partial charge on any atom is 0.245 e. The van der Waals surface area contributed by atoms with Crippen LogP contribution in [0.25, 0.3) is 0 Å². The molecule has 1 N–H and O–H groups in total. The molecular formula is C18H21ClN2O3S. The maximum absolute atomic E-state index is 12.4. The lowest BCUT2D eigenvalue weighted by Gasteiger charge is -2.24. The first-order chi connectivity index (χ1) is 11.7. The molecule has 0 saturated heterocycles. The van der Waals surface area contributed by atoms with Crippen LogP contribution in [0.4, 0.5) is 11.4 Å². The Hall–Kier alpha value is -2.05. The summed E-state index contributed by atoms with van der Waals surface area (Å²) in [4.78, 5) is 12.4. The number of halogens is 1. The van der Waals surface area contributed by atoms with Crippen LogP contribution in [0.3, 0.4) is 0 Å². The van der Waals surface area contributed by atoms with Gasteiger partial charge in [0.15, 0.2) is 0 Å². The van der Waals surface area contributed by atoms with E-state index < -0.39 is 15.9 Å². The van der Waals surface area contributed by atoms with E-state index in [0.717, 1.165) is 21.7 Å². The monoisotopic (exact) mass is 380 g/mol. The molecule has 5 nitrogen and oxygen atoms in total. The number of anilines is 2. The number of benzene rings is 2. The van der Waals surface area contributed by atoms with Crippen LogP contribution in [0, 0.1) is 6.92 Å². The minimum absolute atomic E-state index is 0.294. The molecule has 2 aromatic carbocycles. The normalized spacial score (nSPS) is 11.2. The number of carbonyl (C=O) groups is 1. The van der Waals surface area contributed by atoms with Crippen LogP contribution in [0.2, 0.25) is 5.02 Å². The van der Waals surface area contributed by atoms with Crippen molar-refractivity contribution < 1.29 is 13.2 Å². The number of para-hydroxylation sites is 1. The highest BCUT2D eigenvalue weighted by Gasteiger charge is 2.23. The van der Waals surface area contributed by atoms with E-state index in [4.69, 9.17) is 11.6 Å². The van der Waals surface area contributed by atoms with Crippen molar-refractivity contribution in [3.05, 3.63) is 58.6 Å². The van der Waals surface area contributed by atoms with E-state index >= 15 is 0 Å². The highest BCUT2D eigenvalue weighted by atomic mass is 35.5. The van der Waals surface area contributed by atoms with E-state index in [0.29, 0.717) is 22.8 Å². The molecule has 0 heterocycles. The van der Waals surface area contributed by atoms with Gasteiger partial charge in [0, 0.05) is 10.7 Å². The van der Waals surface area contributed by atoms with Gasteiger partial charge in [-0.25, -0.2) is 8.42 Å². The summed E-state index contributed by atoms with van der Waals surface area (Å²) in [5.41, 5.74) is 2.80. The first-order valence-electron chi connectivity index (χ1n) is 7.84. The number of hydrogen-bond acceptors (Lipinski definition) is 3. The minimum Gasteiger partial charge on any atom is -0.324 e. The molecule has 0 unspecified atom stereocenters. The third kappa shape index (κ3) is 4.96. The van der Waals surface area contributed by atoms with Crippen LogP contribution >= 0.6 is 11.6 Å². The van der Waals surface area contributed by atoms with Crippen molar-refractivity contribution >= 4 is 38.9 Å². The quantitative estimate of drug-likeness (QED) is 0.832. The first-order valence-corrected chi connectivity index (χ1v) is 10.1. The molecule has 0 atom stereocenters. The Labute approximate surface area is 153 Å². The fourth-order valence-electron chi connectivity index (χ4n) is 2.52. The highest BCUT2D eigenvalue weighted by molar-refractivity contribution is 7.92. The zero-order valence-electron chi connectivity index (χ0n) is 14.4. The topological polar surface area (TPSA) is 66.5 Å². The van der Waals surface area contributed by atoms with Crippen molar-refractivity contribution in [2.45, 2.75) is 20.3 Å². The summed E-state index contributed by atoms with van der Waals surface area (Å²) in [5, 5.41) is 3.32. The molecule has 0 aromatic heterocycles. The Bertz CT molecular complexity index is 882. The molecule has 1 amide bonds. The van der Waals surface area contributed by atoms with Crippen LogP contribution in [-0.4, -0.2) is 27.1 Å². The van der Waals surface area contributed by atoms with Gasteiger partial charge in [0.1, 0.15) is 6.54 Å². The standard InChI is InChI=1S/C18H21ClN2O3S/c1-4-14-7-5-6-8-17(14)21(25(3,23)24)12-18(22)20-16-10-9-15(19)11-13(16)2/h5-11H,4,12H2,1-3H3,(H,20,22). The van der Waals surface area contributed by atoms with Crippen molar-refractivity contribution in [2.24, 2.45) is 0 Å². The molecule has 0 aliphatic rings. The van der Waals surface area contributed by atoms with Crippen LogP contribution < -0.4 is 9.62 Å². The summed E-state index contributed by atoms with van der Waals surface area (Å²) in [5.74, 6) is -0.415. The summed E-state index contributed by atoms with van der Waals surface area (Å²) < 4.78 is 25.6. The second kappa shape index (κ2) is 7.89. The molecule has 0 aliphatic carbocycles. The zero-order valence-corrected chi connectivity index (χ0v) is 16.0. The second-order valence-corrected chi connectivity index (χ2v) is 8.10. The fourth-order valence-corrected chi connectivity index (χ4v) is 3.64. The van der Waals surface area contributed by atoms with Crippen molar-refractivity contribution in [3.63, 3.8) is 0 Å². The second-order valence-electron chi connectivity index (χ2n) is 5.76. The average Bonchev–Trinajstić information content (AvgIpc) is 2.54. The molecule has 0 spiro atoms. The molecule has 0 bridgehead atoms. The van der Waals surface area contributed by atoms with Gasteiger partial charge in [0.25, 0.3) is 0 Å². The van der Waals surface area contributed by atoms with E-state index in [2.05, 4.69) is 5.32 Å². The molecule has 0 radical (unpaired) electrons. The predicted octanol–water partition coefficient (Wildman–Crippen LogP) is 3.62. The summed E-state index contributed by atoms with van der Waals surface area (Å²) >= 11 is 5.91. The largest absolute Gasteiger partial charge is 0.324 e. The minimum atomic E-state index is -3.60. The van der Waals surface area contributed by atoms with Crippen molar-refractivity contribution in [2.75, 3.05) is 22.4 Å². The molecule has 0 fully saturated rings. The Morgan fingerprint density at radius 2 is 1.88 bits per heavy atom. The average molecular weight is 381 g/mol. The van der Waals surface area contributed by atoms with Gasteiger partial charge >= 0.3 is 0 Å². The lowest BCUT2D eigenvalue weighted by Crippen LogP contribution is -2.38. The third-order valence-electron chi connectivity index (χ3n) is 3.79. The summed E-state index contributed by atoms with van der Waals surface area (Å²) in [7, 11) is -3.60. The summed E-state index contributed by atoms with van der Waals surface area (Å²) in [6.07, 6.45) is 1.76. The number of rotatable bonds is 6. The fraction of sp³-hybridized carbons (Fsp3) is 0.278. The van der Waals surface area contributed by atoms with E-state index in [-0.39, 0.29) is 6.54 Å². The summed E-state index contributed by atoms with van der Waals surface area (Å²) in [6.45, 7) is 3.47. The van der Waals surface area contributed by atoms with Crippen molar-refractivity contribution in [1.29, 1.82) is 0 Å². The van der Waals surface area contributed by atoms with Crippen molar-refractivity contribution in [1.82, 2.24) is 0 Å². The van der Waals surface area contributed by atoms with Gasteiger partial charge in [-0.1, -0.05) is 36.7 Å². The smallest absolute Gasteiger partial charge is 0.245 e. The van der Waals surface area contributed by atoms with Crippen LogP contribution in [-0.2, 0) is 21.2 Å². The first kappa shape index (κ1) is 19.3. The molecule has 2 aromatic rings. The van der Waals surface area contributed by atoms with Crippen molar-refractivity contribution in [3.8, 4) is 0 Å². The molecular weight excluding hydrogens is 360 g/mol. The highest BCUT2D eigenvalue weighted by Crippen LogP contribution is 2.24. The number of sulfonamides is 1. The number of amides is 1. The van der Waals surface area contributed by atoms with Gasteiger partial charge in [0.05, 0.1) is 11.9 Å². The summed E-state index contributed by atoms with van der Waals surface area (Å²) in [6, 6.07) is 12.3. The Morgan fingerprint density at radius 1 is 1.20 bits per heavy atom. The number of aryl methyl sites for hydroxylation is 2. The third-order valence-corrected chi connectivity index (χ3v) is 5.15. The SMILES string of the molecule is CCc1ccccc1N(CC(=O)Nc1ccc(Cl)cc1C)S(C)(=O)=O. The van der Waals surface area contributed by atoms with Crippen LogP contribution in [0.15, 0.2) is 42.5 Å². The molecule has 134 valence electrons. The van der Waals surface area contributed by atoms with Gasteiger partial charge in [-0.2, -0.15) is 0 Å². The van der Waals surface area contributed by atoms with E-state index in [9.17, 15) is 13.2 Å². The van der Waals surface area contributed by atoms with Gasteiger partial charge in [-0.05, 0) is 48.7 Å². The molecule has 2 rings (SSSR count). The lowest BCUT2D eigenvalue weighted by molar-refractivity contribution is -0.114. The predicted molar refractivity (Wildman–Crippen MR) is 103 cm³/mol. The van der Waals surface area contributed by atoms with E-state index in [1.54, 1.807) is 30.3 Å². The maximum atomic E-state index is 12.4. The molecule has 0 saturated carbocycles. The number of carbonyl (C=O) groups excluding carboxylic acids is 1. The van der Waals surface area contributed by atoms with Gasteiger partial charge in [-0.15, -0.1) is 0 Å². The van der Waals surface area contributed by atoms with Gasteiger partial charge < -0.3 is 5.32 Å². The zero-order chi connectivity index (χ0) is 18.6. The van der Waals surface area contributed by atoms with Crippen LogP contribution in [0.5, 0.6) is 0 Å². The molecule has 0 aliphatic heterocycles. The van der Waals surface area contributed by atoms with E-state index in [1.165, 1.54) is 0 Å². The molecule has 7 heteroatoms. The Morgan fingerprint density at radius 3 is 2.48 bits per heavy atom. The van der Waals surface area contributed by atoms with Gasteiger partial charge in [0.2, 0.25) is 15.9 Å². The van der Waals surface area contributed by atoms with Crippen LogP contribution in [0.1, 0.15) is 18.1 Å². The van der Waals surface area contributed by atoms with Gasteiger partial charge in [-0.3, -0.25) is 9.10 Å².